The Hall–Kier alpha value is -3.19. The summed E-state index contributed by atoms with van der Waals surface area (Å²) in [7, 11) is 0. The second-order valence-electron chi connectivity index (χ2n) is 10.2. The highest BCUT2D eigenvalue weighted by molar-refractivity contribution is 5.98. The number of carbonyl (C=O) groups is 3. The fourth-order valence-corrected chi connectivity index (χ4v) is 4.92. The van der Waals surface area contributed by atoms with Crippen molar-refractivity contribution in [2.75, 3.05) is 31.1 Å². The number of fused-ring (bicyclic) bond motifs is 1. The van der Waals surface area contributed by atoms with Crippen molar-refractivity contribution < 1.29 is 19.5 Å². The maximum absolute atomic E-state index is 13.6. The van der Waals surface area contributed by atoms with Crippen LogP contribution in [0.5, 0.6) is 0 Å². The van der Waals surface area contributed by atoms with Gasteiger partial charge in [0.05, 0.1) is 0 Å². The highest BCUT2D eigenvalue weighted by Crippen LogP contribution is 2.27. The van der Waals surface area contributed by atoms with Crippen LogP contribution in [0.2, 0.25) is 0 Å². The van der Waals surface area contributed by atoms with Gasteiger partial charge < -0.3 is 14.9 Å². The number of rotatable bonds is 7. The molecule has 37 heavy (non-hydrogen) atoms. The maximum atomic E-state index is 13.6. The van der Waals surface area contributed by atoms with Gasteiger partial charge >= 0.3 is 5.97 Å². The summed E-state index contributed by atoms with van der Waals surface area (Å²) in [6, 6.07) is 15.5. The van der Waals surface area contributed by atoms with Crippen molar-refractivity contribution >= 4 is 23.5 Å². The van der Waals surface area contributed by atoms with Crippen molar-refractivity contribution in [1.29, 1.82) is 0 Å². The molecule has 2 aromatic carbocycles. The second kappa shape index (κ2) is 13.9. The van der Waals surface area contributed by atoms with Crippen LogP contribution in [-0.2, 0) is 22.6 Å². The van der Waals surface area contributed by atoms with Gasteiger partial charge in [0.15, 0.2) is 0 Å². The zero-order chi connectivity index (χ0) is 26.8. The second-order valence-corrected chi connectivity index (χ2v) is 10.2. The van der Waals surface area contributed by atoms with Crippen LogP contribution < -0.4 is 4.90 Å². The van der Waals surface area contributed by atoms with Crippen LogP contribution in [0.3, 0.4) is 0 Å². The molecular weight excluding hydrogens is 466 g/mol. The lowest BCUT2D eigenvalue weighted by Gasteiger charge is -2.31. The van der Waals surface area contributed by atoms with Crippen LogP contribution in [0.15, 0.2) is 48.5 Å². The molecule has 2 amide bonds. The fraction of sp³-hybridized carbons (Fsp3) is 0.500. The number of nitrogens with zero attached hydrogens (tertiary/aromatic N) is 3. The van der Waals surface area contributed by atoms with Gasteiger partial charge in [-0.3, -0.25) is 19.3 Å². The van der Waals surface area contributed by atoms with E-state index in [1.54, 1.807) is 13.0 Å². The molecule has 1 aliphatic heterocycles. The van der Waals surface area contributed by atoms with Crippen molar-refractivity contribution in [3.05, 3.63) is 65.2 Å². The quantitative estimate of drug-likeness (QED) is 0.571. The number of anilines is 1. The van der Waals surface area contributed by atoms with Crippen LogP contribution in [0, 0.1) is 0 Å². The highest BCUT2D eigenvalue weighted by atomic mass is 16.4. The van der Waals surface area contributed by atoms with Crippen LogP contribution in [-0.4, -0.2) is 64.9 Å². The lowest BCUT2D eigenvalue weighted by Crippen LogP contribution is -2.38. The van der Waals surface area contributed by atoms with Crippen LogP contribution >= 0.6 is 0 Å². The molecule has 1 heterocycles. The predicted molar refractivity (Wildman–Crippen MR) is 147 cm³/mol. The highest BCUT2D eigenvalue weighted by Gasteiger charge is 2.23. The number of amides is 2. The number of carbonyl (C=O) groups excluding carboxylic acids is 2. The molecule has 0 fully saturated rings. The summed E-state index contributed by atoms with van der Waals surface area (Å²) in [5.41, 5.74) is 3.26. The zero-order valence-electron chi connectivity index (χ0n) is 22.5. The SMILES string of the molecule is CC(=O)N1CCCCCCCN(C(C)C)Cc2cc(C(=O)N(CCc3ccccc3)CC(=O)O)ccc21. The monoisotopic (exact) mass is 507 g/mol. The normalized spacial score (nSPS) is 15.4. The van der Waals surface area contributed by atoms with E-state index < -0.39 is 5.97 Å². The van der Waals surface area contributed by atoms with Gasteiger partial charge in [0.25, 0.3) is 5.91 Å². The van der Waals surface area contributed by atoms with Gasteiger partial charge in [-0.15, -0.1) is 0 Å². The van der Waals surface area contributed by atoms with Gasteiger partial charge in [-0.25, -0.2) is 0 Å². The largest absolute Gasteiger partial charge is 0.480 e. The number of aliphatic carboxylic acids is 1. The molecule has 3 rings (SSSR count). The summed E-state index contributed by atoms with van der Waals surface area (Å²) < 4.78 is 0. The first kappa shape index (κ1) is 28.4. The molecule has 0 atom stereocenters. The summed E-state index contributed by atoms with van der Waals surface area (Å²) in [5, 5.41) is 9.49. The molecule has 0 saturated carbocycles. The Balaban J connectivity index is 1.95. The Morgan fingerprint density at radius 1 is 0.946 bits per heavy atom. The van der Waals surface area contributed by atoms with Crippen molar-refractivity contribution in [2.24, 2.45) is 0 Å². The standard InChI is InChI=1S/C30H41N3O4/c1-23(2)31-17-10-5-4-6-11-18-33(24(3)34)28-15-14-26(20-27(28)21-31)30(37)32(22-29(35)36)19-16-25-12-8-7-9-13-25/h7-9,12-15,20,23H,4-6,10-11,16-19,21-22H2,1-3H3,(H,35,36). The van der Waals surface area contributed by atoms with E-state index in [0.717, 1.165) is 42.6 Å². The van der Waals surface area contributed by atoms with Crippen LogP contribution in [0.25, 0.3) is 0 Å². The molecule has 7 nitrogen and oxygen atoms in total. The third kappa shape index (κ3) is 8.42. The lowest BCUT2D eigenvalue weighted by molar-refractivity contribution is -0.137. The first-order valence-corrected chi connectivity index (χ1v) is 13.5. The fourth-order valence-electron chi connectivity index (χ4n) is 4.92. The Bertz CT molecular complexity index is 1050. The third-order valence-corrected chi connectivity index (χ3v) is 7.05. The number of hydrogen-bond acceptors (Lipinski definition) is 4. The van der Waals surface area contributed by atoms with E-state index in [1.165, 1.54) is 17.7 Å². The molecule has 1 N–H and O–H groups in total. The summed E-state index contributed by atoms with van der Waals surface area (Å²) in [6.45, 7) is 8.11. The van der Waals surface area contributed by atoms with E-state index >= 15 is 0 Å². The molecule has 0 spiro atoms. The maximum Gasteiger partial charge on any atom is 0.323 e. The van der Waals surface area contributed by atoms with E-state index in [9.17, 15) is 19.5 Å². The van der Waals surface area contributed by atoms with E-state index in [2.05, 4.69) is 18.7 Å². The molecule has 7 heteroatoms. The van der Waals surface area contributed by atoms with Gasteiger partial charge in [0.2, 0.25) is 5.91 Å². The van der Waals surface area contributed by atoms with E-state index in [-0.39, 0.29) is 18.4 Å². The van der Waals surface area contributed by atoms with Crippen molar-refractivity contribution in [2.45, 2.75) is 71.9 Å². The number of benzene rings is 2. The van der Waals surface area contributed by atoms with Gasteiger partial charge in [-0.2, -0.15) is 0 Å². The smallest absolute Gasteiger partial charge is 0.323 e. The molecule has 0 aliphatic carbocycles. The Kier molecular flexibility index (Phi) is 10.7. The molecule has 0 radical (unpaired) electrons. The minimum Gasteiger partial charge on any atom is -0.480 e. The number of carboxylic acid groups (broad SMARTS) is 1. The summed E-state index contributed by atoms with van der Waals surface area (Å²) in [6.07, 6.45) is 6.06. The van der Waals surface area contributed by atoms with E-state index in [0.29, 0.717) is 37.7 Å². The van der Waals surface area contributed by atoms with Gasteiger partial charge in [-0.1, -0.05) is 49.6 Å². The topological polar surface area (TPSA) is 81.2 Å². The van der Waals surface area contributed by atoms with Crippen molar-refractivity contribution in [3.8, 4) is 0 Å². The van der Waals surface area contributed by atoms with E-state index in [1.807, 2.05) is 47.4 Å². The summed E-state index contributed by atoms with van der Waals surface area (Å²) >= 11 is 0. The minimum atomic E-state index is -1.04. The molecule has 0 bridgehead atoms. The third-order valence-electron chi connectivity index (χ3n) is 7.05. The molecule has 0 aromatic heterocycles. The summed E-state index contributed by atoms with van der Waals surface area (Å²) in [5.74, 6) is -1.36. The number of carboxylic acids is 1. The molecule has 0 saturated heterocycles. The zero-order valence-corrected chi connectivity index (χ0v) is 22.5. The average molecular weight is 508 g/mol. The molecule has 200 valence electrons. The van der Waals surface area contributed by atoms with Crippen LogP contribution in [0.4, 0.5) is 5.69 Å². The van der Waals surface area contributed by atoms with Gasteiger partial charge in [-0.05, 0) is 69.0 Å². The lowest BCUT2D eigenvalue weighted by atomic mass is 10.0. The Labute approximate surface area is 221 Å². The Morgan fingerprint density at radius 3 is 2.27 bits per heavy atom. The first-order chi connectivity index (χ1) is 17.8. The first-order valence-electron chi connectivity index (χ1n) is 13.5. The molecular formula is C30H41N3O4. The Morgan fingerprint density at radius 2 is 1.62 bits per heavy atom. The van der Waals surface area contributed by atoms with E-state index in [4.69, 9.17) is 0 Å². The molecule has 1 aliphatic rings. The van der Waals surface area contributed by atoms with Crippen molar-refractivity contribution in [1.82, 2.24) is 9.80 Å². The predicted octanol–water partition coefficient (Wildman–Crippen LogP) is 4.98. The minimum absolute atomic E-state index is 0.0103. The van der Waals surface area contributed by atoms with Crippen LogP contribution in [0.1, 0.15) is 74.4 Å². The van der Waals surface area contributed by atoms with Gasteiger partial charge in [0, 0.05) is 43.9 Å². The average Bonchev–Trinajstić information content (AvgIpc) is 2.86. The molecule has 2 aromatic rings. The van der Waals surface area contributed by atoms with Gasteiger partial charge in [0.1, 0.15) is 6.54 Å². The summed E-state index contributed by atoms with van der Waals surface area (Å²) in [4.78, 5) is 43.4. The van der Waals surface area contributed by atoms with Crippen molar-refractivity contribution in [3.63, 3.8) is 0 Å². The number of hydrogen-bond donors (Lipinski definition) is 1. The molecule has 0 unspecified atom stereocenters.